The Kier molecular flexibility index (Phi) is 5.64. The van der Waals surface area contributed by atoms with Gasteiger partial charge in [-0.2, -0.15) is 13.2 Å². The van der Waals surface area contributed by atoms with E-state index in [0.29, 0.717) is 18.2 Å². The van der Waals surface area contributed by atoms with E-state index >= 15 is 0 Å². The molecule has 102 valence electrons. The zero-order valence-electron chi connectivity index (χ0n) is 11.0. The topological polar surface area (TPSA) is 86.5 Å². The third kappa shape index (κ3) is 4.24. The molecule has 0 amide bonds. The molecule has 5 nitrogen and oxygen atoms in total. The largest absolute Gasteiger partial charge is 1.00 e. The van der Waals surface area contributed by atoms with E-state index in [2.05, 4.69) is 4.74 Å². The maximum atomic E-state index is 12.4. The van der Waals surface area contributed by atoms with Crippen LogP contribution in [0.4, 0.5) is 13.2 Å². The van der Waals surface area contributed by atoms with E-state index in [1.54, 1.807) is 0 Å². The first-order valence-corrected chi connectivity index (χ1v) is 5.94. The fraction of sp³-hybridized carbons (Fsp3) is 0.222. The second-order valence-corrected chi connectivity index (χ2v) is 4.78. The van der Waals surface area contributed by atoms with Crippen molar-refractivity contribution in [3.05, 3.63) is 29.3 Å². The molecule has 10 heteroatoms. The van der Waals surface area contributed by atoms with Crippen molar-refractivity contribution >= 4 is 16.0 Å². The molecule has 0 heterocycles. The molecule has 1 rings (SSSR count). The molecular formula is C9H9F3LiNO4S. The van der Waals surface area contributed by atoms with Crippen LogP contribution in [0, 0.1) is 0 Å². The Morgan fingerprint density at radius 3 is 2.26 bits per heavy atom. The minimum Gasteiger partial charge on any atom is -1.00 e. The van der Waals surface area contributed by atoms with Gasteiger partial charge in [0.2, 0.25) is 10.0 Å². The van der Waals surface area contributed by atoms with Crippen LogP contribution in [-0.4, -0.2) is 21.5 Å². The Morgan fingerprint density at radius 1 is 1.37 bits per heavy atom. The fourth-order valence-electron chi connectivity index (χ4n) is 1.22. The number of hydrogen-bond donors (Lipinski definition) is 1. The van der Waals surface area contributed by atoms with E-state index in [4.69, 9.17) is 5.14 Å². The Hall–Kier alpha value is -1.01. The summed E-state index contributed by atoms with van der Waals surface area (Å²) in [7, 11) is -3.41. The summed E-state index contributed by atoms with van der Waals surface area (Å²) in [5.74, 6) is -1.22. The van der Waals surface area contributed by atoms with Gasteiger partial charge < -0.3 is 6.16 Å². The second kappa shape index (κ2) is 5.96. The second-order valence-electron chi connectivity index (χ2n) is 3.25. The monoisotopic (exact) mass is 291 g/mol. The van der Waals surface area contributed by atoms with Crippen molar-refractivity contribution in [1.82, 2.24) is 0 Å². The van der Waals surface area contributed by atoms with Crippen LogP contribution in [0.25, 0.3) is 0 Å². The molecule has 0 unspecified atom stereocenters. The SMILES string of the molecule is COC(=O)c1cc(C(F)(F)F)ccc1S(N)(=O)=O.[H-].[Li+]. The number of esters is 1. The summed E-state index contributed by atoms with van der Waals surface area (Å²) in [6, 6.07) is 1.52. The van der Waals surface area contributed by atoms with Crippen molar-refractivity contribution in [3.63, 3.8) is 0 Å². The van der Waals surface area contributed by atoms with E-state index < -0.39 is 38.2 Å². The Morgan fingerprint density at radius 2 is 1.89 bits per heavy atom. The standard InChI is InChI=1S/C9H8F3NO4S.Li.H/c1-17-8(14)6-4-5(9(10,11)12)2-3-7(6)18(13,15)16;;/h2-4H,1H3,(H2,13,15,16);;/q;+1;-1. The molecule has 1 aromatic rings. The molecule has 0 bridgehead atoms. The number of carbonyl (C=O) groups is 1. The van der Waals surface area contributed by atoms with E-state index in [9.17, 15) is 26.4 Å². The first-order valence-electron chi connectivity index (χ1n) is 4.39. The van der Waals surface area contributed by atoms with Crippen LogP contribution in [0.2, 0.25) is 0 Å². The number of alkyl halides is 3. The van der Waals surface area contributed by atoms with Gasteiger partial charge in [-0.1, -0.05) is 0 Å². The van der Waals surface area contributed by atoms with E-state index in [0.717, 1.165) is 7.11 Å². The molecule has 0 saturated carbocycles. The number of sulfonamides is 1. The van der Waals surface area contributed by atoms with Crippen molar-refractivity contribution < 1.29 is 51.4 Å². The first kappa shape index (κ1) is 18.0. The zero-order valence-corrected chi connectivity index (χ0v) is 10.8. The summed E-state index contributed by atoms with van der Waals surface area (Å²) in [5, 5.41) is 4.79. The van der Waals surface area contributed by atoms with Crippen molar-refractivity contribution in [2.45, 2.75) is 11.1 Å². The Balaban J connectivity index is 0. The third-order valence-electron chi connectivity index (χ3n) is 2.02. The zero-order chi connectivity index (χ0) is 14.1. The first-order chi connectivity index (χ1) is 8.07. The maximum Gasteiger partial charge on any atom is 1.00 e. The Labute approximate surface area is 120 Å². The third-order valence-corrected chi connectivity index (χ3v) is 2.99. The van der Waals surface area contributed by atoms with E-state index in [1.165, 1.54) is 0 Å². The quantitative estimate of drug-likeness (QED) is 0.517. The molecule has 0 aromatic heterocycles. The van der Waals surface area contributed by atoms with Gasteiger partial charge in [0.25, 0.3) is 0 Å². The molecule has 1 aromatic carbocycles. The summed E-state index contributed by atoms with van der Waals surface area (Å²) in [4.78, 5) is 10.5. The van der Waals surface area contributed by atoms with Crippen molar-refractivity contribution in [2.24, 2.45) is 5.14 Å². The van der Waals surface area contributed by atoms with E-state index in [1.807, 2.05) is 0 Å². The number of methoxy groups -OCH3 is 1. The fourth-order valence-corrected chi connectivity index (χ4v) is 1.93. The Bertz CT molecular complexity index is 591. The molecule has 0 aliphatic rings. The average Bonchev–Trinajstić information content (AvgIpc) is 2.24. The van der Waals surface area contributed by atoms with Crippen LogP contribution < -0.4 is 24.0 Å². The van der Waals surface area contributed by atoms with E-state index in [-0.39, 0.29) is 20.3 Å². The van der Waals surface area contributed by atoms with Crippen LogP contribution in [0.15, 0.2) is 23.1 Å². The van der Waals surface area contributed by atoms with Crippen LogP contribution in [-0.2, 0) is 20.9 Å². The molecule has 2 N–H and O–H groups in total. The van der Waals surface area contributed by atoms with Gasteiger partial charge in [-0.05, 0) is 18.2 Å². The van der Waals surface area contributed by atoms with Gasteiger partial charge in [-0.15, -0.1) is 0 Å². The summed E-state index contributed by atoms with van der Waals surface area (Å²) >= 11 is 0. The van der Waals surface area contributed by atoms with Gasteiger partial charge in [0.15, 0.2) is 0 Å². The predicted octanol–water partition coefficient (Wildman–Crippen LogP) is -1.74. The molecule has 0 saturated heterocycles. The number of ether oxygens (including phenoxy) is 1. The van der Waals surface area contributed by atoms with Gasteiger partial charge >= 0.3 is 31.0 Å². The predicted molar refractivity (Wildman–Crippen MR) is 55.3 cm³/mol. The van der Waals surface area contributed by atoms with Crippen molar-refractivity contribution in [2.75, 3.05) is 7.11 Å². The summed E-state index contributed by atoms with van der Waals surface area (Å²) < 4.78 is 63.8. The number of primary sulfonamides is 1. The summed E-state index contributed by atoms with van der Waals surface area (Å²) in [6.07, 6.45) is -4.71. The van der Waals surface area contributed by atoms with Gasteiger partial charge in [0.05, 0.1) is 23.1 Å². The number of rotatable bonds is 2. The number of benzene rings is 1. The number of hydrogen-bond acceptors (Lipinski definition) is 4. The molecule has 19 heavy (non-hydrogen) atoms. The van der Waals surface area contributed by atoms with Crippen molar-refractivity contribution in [3.8, 4) is 0 Å². The van der Waals surface area contributed by atoms with Crippen LogP contribution in [0.1, 0.15) is 17.3 Å². The van der Waals surface area contributed by atoms with Crippen molar-refractivity contribution in [1.29, 1.82) is 0 Å². The smallest absolute Gasteiger partial charge is 1.00 e. The number of nitrogens with two attached hydrogens (primary N) is 1. The molecule has 0 fully saturated rings. The van der Waals surface area contributed by atoms with Gasteiger partial charge in [-0.25, -0.2) is 18.4 Å². The molecular weight excluding hydrogens is 282 g/mol. The molecule has 0 aliphatic heterocycles. The van der Waals surface area contributed by atoms with Crippen LogP contribution in [0.5, 0.6) is 0 Å². The minimum atomic E-state index is -4.71. The molecule has 0 aliphatic carbocycles. The minimum absolute atomic E-state index is 0. The number of carbonyl (C=O) groups excluding carboxylic acids is 1. The van der Waals surface area contributed by atoms with Crippen LogP contribution in [0.3, 0.4) is 0 Å². The summed E-state index contributed by atoms with van der Waals surface area (Å²) in [6.45, 7) is 0. The number of halogens is 3. The summed E-state index contributed by atoms with van der Waals surface area (Å²) in [5.41, 5.74) is -1.93. The average molecular weight is 291 g/mol. The molecule has 0 atom stereocenters. The van der Waals surface area contributed by atoms with Gasteiger partial charge in [0, 0.05) is 0 Å². The van der Waals surface area contributed by atoms with Gasteiger partial charge in [0.1, 0.15) is 0 Å². The van der Waals surface area contributed by atoms with Gasteiger partial charge in [-0.3, -0.25) is 0 Å². The maximum absolute atomic E-state index is 12.4. The molecule has 0 spiro atoms. The van der Waals surface area contributed by atoms with Crippen LogP contribution >= 0.6 is 0 Å². The normalized spacial score (nSPS) is 11.6. The molecule has 0 radical (unpaired) electrons.